The molecule has 0 saturated heterocycles. The molecule has 0 fully saturated rings. The van der Waals surface area contributed by atoms with E-state index in [1.54, 1.807) is 53.5 Å². The van der Waals surface area contributed by atoms with Gasteiger partial charge in [-0.1, -0.05) is 36.4 Å². The highest BCUT2D eigenvalue weighted by Gasteiger charge is 2.33. The van der Waals surface area contributed by atoms with Crippen LogP contribution in [-0.2, 0) is 0 Å². The average molecular weight is 383 g/mol. The number of halogens is 1. The molecule has 0 aliphatic rings. The molecule has 0 unspecified atom stereocenters. The number of hydrogen-bond acceptors (Lipinski definition) is 7. The van der Waals surface area contributed by atoms with E-state index in [1.807, 2.05) is 12.1 Å². The molecule has 9 nitrogen and oxygen atoms in total. The number of rotatable bonds is 7. The van der Waals surface area contributed by atoms with E-state index < -0.39 is 27.0 Å². The number of nitrogens with one attached hydrogen (secondary N) is 2. The molecule has 0 aromatic heterocycles. The molecule has 28 heavy (non-hydrogen) atoms. The zero-order valence-corrected chi connectivity index (χ0v) is 14.3. The van der Waals surface area contributed by atoms with E-state index in [2.05, 4.69) is 11.0 Å². The summed E-state index contributed by atoms with van der Waals surface area (Å²) in [5.41, 5.74) is 4.32. The lowest BCUT2D eigenvalue weighted by Crippen LogP contribution is -2.38. The number of nitro benzene ring substituents is 2. The number of hydrazine groups is 2. The van der Waals surface area contributed by atoms with Crippen LogP contribution in [0.25, 0.3) is 0 Å². The van der Waals surface area contributed by atoms with Crippen LogP contribution in [0.15, 0.2) is 72.8 Å². The molecule has 0 amide bonds. The van der Waals surface area contributed by atoms with Gasteiger partial charge >= 0.3 is 11.4 Å². The molecule has 0 aliphatic carbocycles. The first-order chi connectivity index (χ1) is 13.5. The topological polar surface area (TPSA) is 114 Å². The van der Waals surface area contributed by atoms with Crippen molar-refractivity contribution in [2.75, 3.05) is 10.4 Å². The van der Waals surface area contributed by atoms with Crippen molar-refractivity contribution in [1.82, 2.24) is 5.53 Å². The third-order valence-electron chi connectivity index (χ3n) is 3.80. The highest BCUT2D eigenvalue weighted by atomic mass is 19.1. The monoisotopic (exact) mass is 383 g/mol. The van der Waals surface area contributed by atoms with Crippen molar-refractivity contribution < 1.29 is 14.2 Å². The summed E-state index contributed by atoms with van der Waals surface area (Å²) in [4.78, 5) is 20.3. The van der Waals surface area contributed by atoms with E-state index >= 15 is 0 Å². The van der Waals surface area contributed by atoms with Gasteiger partial charge in [0, 0.05) is 0 Å². The van der Waals surface area contributed by atoms with E-state index in [-0.39, 0.29) is 5.69 Å². The van der Waals surface area contributed by atoms with Gasteiger partial charge in [0.15, 0.2) is 0 Å². The highest BCUT2D eigenvalue weighted by molar-refractivity contribution is 5.72. The average Bonchev–Trinajstić information content (AvgIpc) is 2.70. The van der Waals surface area contributed by atoms with Crippen LogP contribution in [0.3, 0.4) is 0 Å². The van der Waals surface area contributed by atoms with Gasteiger partial charge in [-0.2, -0.15) is 4.39 Å². The first-order valence-corrected chi connectivity index (χ1v) is 8.02. The quantitative estimate of drug-likeness (QED) is 0.461. The van der Waals surface area contributed by atoms with Crippen LogP contribution in [0.4, 0.5) is 32.8 Å². The molecule has 10 heteroatoms. The fourth-order valence-electron chi connectivity index (χ4n) is 2.56. The van der Waals surface area contributed by atoms with E-state index in [1.165, 1.54) is 0 Å². The Balaban J connectivity index is 1.98. The Kier molecular flexibility index (Phi) is 5.42. The van der Waals surface area contributed by atoms with Gasteiger partial charge in [-0.25, -0.2) is 0 Å². The Bertz CT molecular complexity index is 962. The Labute approximate surface area is 158 Å². The van der Waals surface area contributed by atoms with Crippen molar-refractivity contribution in [2.45, 2.75) is 0 Å². The first kappa shape index (κ1) is 18.7. The molecular weight excluding hydrogens is 369 g/mol. The zero-order chi connectivity index (χ0) is 20.1. The Morgan fingerprint density at radius 2 is 1.25 bits per heavy atom. The summed E-state index contributed by atoms with van der Waals surface area (Å²) in [7, 11) is 0. The van der Waals surface area contributed by atoms with Crippen molar-refractivity contribution in [3.63, 3.8) is 0 Å². The summed E-state index contributed by atoms with van der Waals surface area (Å²) >= 11 is 0. The molecule has 0 atom stereocenters. The van der Waals surface area contributed by atoms with Gasteiger partial charge in [-0.3, -0.25) is 30.7 Å². The number of nitrogens with zero attached hydrogens (tertiary/aromatic N) is 3. The maximum absolute atomic E-state index is 13.8. The van der Waals surface area contributed by atoms with Gasteiger partial charge < -0.3 is 0 Å². The third-order valence-corrected chi connectivity index (χ3v) is 3.80. The maximum Gasteiger partial charge on any atom is 0.383 e. The molecular formula is C18H14FN5O4. The first-order valence-electron chi connectivity index (χ1n) is 8.02. The van der Waals surface area contributed by atoms with Crippen molar-refractivity contribution in [3.05, 3.63) is 98.8 Å². The van der Waals surface area contributed by atoms with E-state index in [0.29, 0.717) is 11.4 Å². The number of benzene rings is 3. The standard InChI is InChI=1S/C18H14FN5O4/c19-15-11-12-16(18(24(27)28)17(15)23(25)26)20-21-22(13-7-3-1-4-8-13)14-9-5-2-6-10-14/h1-12,20-21H. The predicted molar refractivity (Wildman–Crippen MR) is 101 cm³/mol. The largest absolute Gasteiger partial charge is 0.383 e. The Morgan fingerprint density at radius 3 is 1.71 bits per heavy atom. The number of para-hydroxylation sites is 2. The minimum atomic E-state index is -1.29. The molecule has 0 aliphatic heterocycles. The lowest BCUT2D eigenvalue weighted by Gasteiger charge is -2.26. The van der Waals surface area contributed by atoms with Gasteiger partial charge in [0.05, 0.1) is 21.2 Å². The van der Waals surface area contributed by atoms with Crippen molar-refractivity contribution in [2.24, 2.45) is 0 Å². The van der Waals surface area contributed by atoms with E-state index in [9.17, 15) is 24.6 Å². The SMILES string of the molecule is O=[N+]([O-])c1c(F)ccc(NNN(c2ccccc2)c2ccccc2)c1[N+](=O)[O-]. The normalized spacial score (nSPS) is 10.3. The Hall–Kier alpha value is -4.05. The molecule has 0 heterocycles. The molecule has 0 saturated carbocycles. The van der Waals surface area contributed by atoms with Crippen LogP contribution in [0.2, 0.25) is 0 Å². The summed E-state index contributed by atoms with van der Waals surface area (Å²) in [5.74, 6) is -1.29. The van der Waals surface area contributed by atoms with Crippen LogP contribution >= 0.6 is 0 Å². The van der Waals surface area contributed by atoms with Crippen LogP contribution < -0.4 is 16.0 Å². The lowest BCUT2D eigenvalue weighted by molar-refractivity contribution is -0.423. The fraction of sp³-hybridized carbons (Fsp3) is 0. The van der Waals surface area contributed by atoms with Crippen LogP contribution in [0, 0.1) is 26.0 Å². The van der Waals surface area contributed by atoms with E-state index in [0.717, 1.165) is 12.1 Å². The van der Waals surface area contributed by atoms with Gasteiger partial charge in [-0.05, 0) is 36.4 Å². The maximum atomic E-state index is 13.8. The van der Waals surface area contributed by atoms with Gasteiger partial charge in [-0.15, -0.1) is 5.53 Å². The number of anilines is 3. The molecule has 2 N–H and O–H groups in total. The van der Waals surface area contributed by atoms with Crippen molar-refractivity contribution in [3.8, 4) is 0 Å². The predicted octanol–water partition coefficient (Wildman–Crippen LogP) is 4.31. The summed E-state index contributed by atoms with van der Waals surface area (Å²) in [5, 5.41) is 24.0. The summed E-state index contributed by atoms with van der Waals surface area (Å²) in [6.45, 7) is 0. The third kappa shape index (κ3) is 3.86. The molecule has 3 aromatic rings. The lowest BCUT2D eigenvalue weighted by atomic mass is 10.2. The van der Waals surface area contributed by atoms with Gasteiger partial charge in [0.2, 0.25) is 5.82 Å². The second-order valence-electron chi connectivity index (χ2n) is 5.55. The molecule has 3 aromatic carbocycles. The zero-order valence-electron chi connectivity index (χ0n) is 14.3. The number of nitro groups is 2. The minimum Gasteiger partial charge on any atom is -0.297 e. The number of hydrogen-bond donors (Lipinski definition) is 2. The van der Waals surface area contributed by atoms with Crippen LogP contribution in [-0.4, -0.2) is 9.85 Å². The summed E-state index contributed by atoms with van der Waals surface area (Å²) < 4.78 is 13.8. The van der Waals surface area contributed by atoms with Gasteiger partial charge in [0.25, 0.3) is 0 Å². The molecule has 0 bridgehead atoms. The second kappa shape index (κ2) is 8.10. The second-order valence-corrected chi connectivity index (χ2v) is 5.55. The van der Waals surface area contributed by atoms with Gasteiger partial charge in [0.1, 0.15) is 5.69 Å². The Morgan fingerprint density at radius 1 is 0.750 bits per heavy atom. The van der Waals surface area contributed by atoms with Crippen LogP contribution in [0.5, 0.6) is 0 Å². The smallest absolute Gasteiger partial charge is 0.297 e. The fourth-order valence-corrected chi connectivity index (χ4v) is 2.56. The molecule has 0 spiro atoms. The van der Waals surface area contributed by atoms with Crippen molar-refractivity contribution >= 4 is 28.4 Å². The molecule has 142 valence electrons. The molecule has 0 radical (unpaired) electrons. The minimum absolute atomic E-state index is 0.255. The summed E-state index contributed by atoms with van der Waals surface area (Å²) in [6.07, 6.45) is 0. The van der Waals surface area contributed by atoms with Crippen molar-refractivity contribution in [1.29, 1.82) is 0 Å². The van der Waals surface area contributed by atoms with Crippen LogP contribution in [0.1, 0.15) is 0 Å². The molecule has 3 rings (SSSR count). The summed E-state index contributed by atoms with van der Waals surface area (Å²) in [6, 6.07) is 19.9. The van der Waals surface area contributed by atoms with E-state index in [4.69, 9.17) is 0 Å². The highest BCUT2D eigenvalue weighted by Crippen LogP contribution is 2.36.